The van der Waals surface area contributed by atoms with E-state index < -0.39 is 17.6 Å². The zero-order valence-electron chi connectivity index (χ0n) is 3.86. The lowest BCUT2D eigenvalue weighted by atomic mass is 10.7. The number of primary amides is 1. The largest absolute Gasteiger partial charge is 0.368 e. The third-order valence-corrected chi connectivity index (χ3v) is 0.312. The summed E-state index contributed by atoms with van der Waals surface area (Å²) < 4.78 is 0. The van der Waals surface area contributed by atoms with Crippen molar-refractivity contribution in [3.8, 4) is 0 Å². The number of nitrogens with two attached hydrogens (primary N) is 1. The fourth-order valence-corrected chi connectivity index (χ4v) is 0.116. The maximum atomic E-state index is 9.70. The molecule has 0 aliphatic rings. The van der Waals surface area contributed by atoms with Gasteiger partial charge in [-0.05, 0) is 0 Å². The molecule has 6 heteroatoms. The Kier molecular flexibility index (Phi) is 2.32. The minimum atomic E-state index is -1.08. The van der Waals surface area contributed by atoms with Gasteiger partial charge in [0.05, 0.1) is 0 Å². The molecule has 46 valence electrons. The minimum Gasteiger partial charge on any atom is -0.368 e. The van der Waals surface area contributed by atoms with Crippen LogP contribution in [-0.4, -0.2) is 17.6 Å². The fourth-order valence-electron chi connectivity index (χ4n) is 0.116. The van der Waals surface area contributed by atoms with Crippen molar-refractivity contribution in [1.82, 2.24) is 0 Å². The van der Waals surface area contributed by atoms with Gasteiger partial charge in [0.25, 0.3) is 5.09 Å². The first-order valence-corrected chi connectivity index (χ1v) is 1.68. The maximum absolute atomic E-state index is 9.70. The highest BCUT2D eigenvalue weighted by Crippen LogP contribution is 1.70. The van der Waals surface area contributed by atoms with Gasteiger partial charge in [-0.3, -0.25) is 4.79 Å². The molecule has 0 aromatic rings. The predicted molar refractivity (Wildman–Crippen MR) is 22.1 cm³/mol. The van der Waals surface area contributed by atoms with Crippen LogP contribution >= 0.6 is 0 Å². The molecule has 0 radical (unpaired) electrons. The average Bonchev–Trinajstić information content (AvgIpc) is 1.61. The van der Waals surface area contributed by atoms with Crippen LogP contribution in [0.25, 0.3) is 0 Å². The number of amides is 1. The van der Waals surface area contributed by atoms with Crippen LogP contribution in [0.2, 0.25) is 0 Å². The summed E-state index contributed by atoms with van der Waals surface area (Å²) in [6, 6.07) is 0. The maximum Gasteiger partial charge on any atom is 0.295 e. The molecule has 0 atom stereocenters. The Balaban J connectivity index is 3.18. The van der Waals surface area contributed by atoms with Gasteiger partial charge in [-0.1, -0.05) is 0 Å². The lowest BCUT2D eigenvalue weighted by Gasteiger charge is -1.89. The van der Waals surface area contributed by atoms with E-state index in [9.17, 15) is 14.9 Å². The minimum absolute atomic E-state index is 0.674. The first kappa shape index (κ1) is 6.67. The number of hydrogen-bond donors (Lipinski definition) is 1. The molecule has 0 saturated heterocycles. The third kappa shape index (κ3) is 4.67. The number of carbonyl (C=O) groups is 1. The third-order valence-electron chi connectivity index (χ3n) is 0.312. The van der Waals surface area contributed by atoms with Gasteiger partial charge < -0.3 is 10.6 Å². The smallest absolute Gasteiger partial charge is 0.295 e. The number of rotatable bonds is 3. The van der Waals surface area contributed by atoms with Crippen LogP contribution in [0.5, 0.6) is 0 Å². The van der Waals surface area contributed by atoms with Crippen LogP contribution in [0, 0.1) is 10.1 Å². The zero-order valence-corrected chi connectivity index (χ0v) is 3.86. The van der Waals surface area contributed by atoms with E-state index in [1.54, 1.807) is 0 Å². The van der Waals surface area contributed by atoms with E-state index in [4.69, 9.17) is 0 Å². The van der Waals surface area contributed by atoms with Crippen molar-refractivity contribution in [2.75, 3.05) is 6.61 Å². The highest BCUT2D eigenvalue weighted by molar-refractivity contribution is 5.74. The SMILES string of the molecule is NC(=O)CO[N+](=O)[O-]. The second kappa shape index (κ2) is 2.78. The Labute approximate surface area is 44.3 Å². The number of carbonyl (C=O) groups excluding carboxylic acids is 1. The topological polar surface area (TPSA) is 95.5 Å². The molecule has 1 amide bonds. The Morgan fingerprint density at radius 1 is 1.88 bits per heavy atom. The molecule has 0 saturated carbocycles. The molecule has 0 unspecified atom stereocenters. The molecule has 6 nitrogen and oxygen atoms in total. The Bertz CT molecular complexity index is 96.6. The molecule has 0 aromatic carbocycles. The Morgan fingerprint density at radius 2 is 2.38 bits per heavy atom. The van der Waals surface area contributed by atoms with E-state index in [1.165, 1.54) is 0 Å². The van der Waals surface area contributed by atoms with Gasteiger partial charge in [-0.15, -0.1) is 10.1 Å². The van der Waals surface area contributed by atoms with Gasteiger partial charge in [-0.25, -0.2) is 0 Å². The molecule has 0 aliphatic carbocycles. The Hall–Kier alpha value is -1.33. The molecule has 0 spiro atoms. The van der Waals surface area contributed by atoms with Crippen LogP contribution in [0.15, 0.2) is 0 Å². The number of nitrogens with zero attached hydrogens (tertiary/aromatic N) is 1. The summed E-state index contributed by atoms with van der Waals surface area (Å²) in [5.74, 6) is -0.860. The van der Waals surface area contributed by atoms with Crippen molar-refractivity contribution >= 4 is 5.91 Å². The summed E-state index contributed by atoms with van der Waals surface area (Å²) in [5, 5.41) is 8.20. The summed E-state index contributed by atoms with van der Waals surface area (Å²) >= 11 is 0. The number of hydrogen-bond acceptors (Lipinski definition) is 4. The summed E-state index contributed by atoms with van der Waals surface area (Å²) in [6.07, 6.45) is 0. The second-order valence-electron chi connectivity index (χ2n) is 0.963. The molecular weight excluding hydrogens is 116 g/mol. The molecular formula is C2H4N2O4. The first-order chi connectivity index (χ1) is 3.63. The monoisotopic (exact) mass is 120 g/mol. The standard InChI is InChI=1S/C2H4N2O4/c3-2(5)1-8-4(6)7/h1H2,(H2,3,5). The first-order valence-electron chi connectivity index (χ1n) is 1.68. The highest BCUT2D eigenvalue weighted by Gasteiger charge is 1.96. The van der Waals surface area contributed by atoms with E-state index >= 15 is 0 Å². The second-order valence-corrected chi connectivity index (χ2v) is 0.963. The predicted octanol–water partition coefficient (Wildman–Crippen LogP) is -1.32. The van der Waals surface area contributed by atoms with Crippen molar-refractivity contribution in [3.63, 3.8) is 0 Å². The van der Waals surface area contributed by atoms with Crippen molar-refractivity contribution in [1.29, 1.82) is 0 Å². The highest BCUT2D eigenvalue weighted by atomic mass is 16.9. The molecule has 0 rings (SSSR count). The van der Waals surface area contributed by atoms with Gasteiger partial charge in [0.2, 0.25) is 5.91 Å². The quantitative estimate of drug-likeness (QED) is 0.369. The Morgan fingerprint density at radius 3 is 2.50 bits per heavy atom. The molecule has 8 heavy (non-hydrogen) atoms. The molecule has 0 fully saturated rings. The van der Waals surface area contributed by atoms with Gasteiger partial charge >= 0.3 is 0 Å². The van der Waals surface area contributed by atoms with Crippen LogP contribution in [0.3, 0.4) is 0 Å². The van der Waals surface area contributed by atoms with Crippen molar-refractivity contribution in [3.05, 3.63) is 10.1 Å². The van der Waals surface area contributed by atoms with E-state index in [-0.39, 0.29) is 0 Å². The molecule has 0 bridgehead atoms. The van der Waals surface area contributed by atoms with Gasteiger partial charge in [0, 0.05) is 0 Å². The van der Waals surface area contributed by atoms with Gasteiger partial charge in [-0.2, -0.15) is 0 Å². The van der Waals surface area contributed by atoms with E-state index in [2.05, 4.69) is 10.6 Å². The van der Waals surface area contributed by atoms with Crippen LogP contribution in [-0.2, 0) is 9.63 Å². The summed E-state index contributed by atoms with van der Waals surface area (Å²) in [6.45, 7) is -0.674. The van der Waals surface area contributed by atoms with E-state index in [0.717, 1.165) is 0 Å². The van der Waals surface area contributed by atoms with Gasteiger partial charge in [0.1, 0.15) is 0 Å². The van der Waals surface area contributed by atoms with Crippen LogP contribution < -0.4 is 5.73 Å². The van der Waals surface area contributed by atoms with Crippen LogP contribution in [0.1, 0.15) is 0 Å². The normalized spacial score (nSPS) is 8.00. The van der Waals surface area contributed by atoms with E-state index in [1.807, 2.05) is 0 Å². The fraction of sp³-hybridized carbons (Fsp3) is 0.500. The van der Waals surface area contributed by atoms with E-state index in [0.29, 0.717) is 0 Å². The van der Waals surface area contributed by atoms with Crippen LogP contribution in [0.4, 0.5) is 0 Å². The summed E-state index contributed by atoms with van der Waals surface area (Å²) in [4.78, 5) is 22.5. The molecule has 0 aliphatic heterocycles. The summed E-state index contributed by atoms with van der Waals surface area (Å²) in [5.41, 5.74) is 4.47. The lowest BCUT2D eigenvalue weighted by Crippen LogP contribution is -2.20. The van der Waals surface area contributed by atoms with Crippen molar-refractivity contribution in [2.45, 2.75) is 0 Å². The molecule has 0 aromatic heterocycles. The molecule has 0 heterocycles. The zero-order chi connectivity index (χ0) is 6.57. The average molecular weight is 120 g/mol. The lowest BCUT2D eigenvalue weighted by molar-refractivity contribution is -0.754. The van der Waals surface area contributed by atoms with Crippen molar-refractivity contribution < 1.29 is 14.7 Å². The van der Waals surface area contributed by atoms with Gasteiger partial charge in [0.15, 0.2) is 6.61 Å². The summed E-state index contributed by atoms with van der Waals surface area (Å²) in [7, 11) is 0. The van der Waals surface area contributed by atoms with Crippen molar-refractivity contribution in [2.24, 2.45) is 5.73 Å². The molecule has 2 N–H and O–H groups in total.